The summed E-state index contributed by atoms with van der Waals surface area (Å²) in [6, 6.07) is 75.7. The zero-order chi connectivity index (χ0) is 35.8. The minimum atomic E-state index is 0.873. The zero-order valence-corrected chi connectivity index (χ0v) is 29.6. The van der Waals surface area contributed by atoms with Crippen LogP contribution < -0.4 is 4.90 Å². The summed E-state index contributed by atoms with van der Waals surface area (Å²) in [5, 5.41) is 4.44. The second-order valence-electron chi connectivity index (χ2n) is 13.7. The van der Waals surface area contributed by atoms with Crippen LogP contribution in [0, 0.1) is 0 Å². The van der Waals surface area contributed by atoms with Crippen molar-refractivity contribution in [2.45, 2.75) is 0 Å². The molecule has 54 heavy (non-hydrogen) atoms. The first-order valence-electron chi connectivity index (χ1n) is 18.4. The van der Waals surface area contributed by atoms with Crippen LogP contribution in [0.2, 0.25) is 0 Å². The van der Waals surface area contributed by atoms with Gasteiger partial charge in [0.25, 0.3) is 0 Å². The average molecular weight is 690 g/mol. The molecule has 1 aromatic heterocycles. The Morgan fingerprint density at radius 3 is 1.28 bits per heavy atom. The molecule has 0 unspecified atom stereocenters. The number of fused-ring (bicyclic) bond motifs is 5. The second kappa shape index (κ2) is 13.4. The van der Waals surface area contributed by atoms with Crippen molar-refractivity contribution in [3.8, 4) is 44.5 Å². The molecule has 0 aliphatic heterocycles. The lowest BCUT2D eigenvalue weighted by molar-refractivity contribution is 0.674. The molecule has 0 radical (unpaired) electrons. The van der Waals surface area contributed by atoms with Crippen molar-refractivity contribution < 1.29 is 4.42 Å². The van der Waals surface area contributed by atoms with Gasteiger partial charge in [-0.3, -0.25) is 0 Å². The van der Waals surface area contributed by atoms with Crippen molar-refractivity contribution in [1.82, 2.24) is 0 Å². The van der Waals surface area contributed by atoms with Gasteiger partial charge in [0.2, 0.25) is 0 Å². The van der Waals surface area contributed by atoms with E-state index in [1.165, 1.54) is 33.4 Å². The van der Waals surface area contributed by atoms with Crippen molar-refractivity contribution in [3.63, 3.8) is 0 Å². The predicted octanol–water partition coefficient (Wildman–Crippen LogP) is 14.9. The van der Waals surface area contributed by atoms with E-state index in [-0.39, 0.29) is 0 Å². The summed E-state index contributed by atoms with van der Waals surface area (Å²) in [5.74, 6) is 0. The summed E-state index contributed by atoms with van der Waals surface area (Å²) < 4.78 is 7.06. The number of hydrogen-bond donors (Lipinski definition) is 0. The molecular weight excluding hydrogens is 655 g/mol. The third-order valence-corrected chi connectivity index (χ3v) is 10.5. The van der Waals surface area contributed by atoms with Crippen molar-refractivity contribution in [2.24, 2.45) is 0 Å². The van der Waals surface area contributed by atoms with Crippen molar-refractivity contribution >= 4 is 49.8 Å². The fourth-order valence-corrected chi connectivity index (χ4v) is 7.77. The van der Waals surface area contributed by atoms with E-state index in [1.54, 1.807) is 0 Å². The first-order chi connectivity index (χ1) is 26.8. The molecule has 0 aliphatic rings. The summed E-state index contributed by atoms with van der Waals surface area (Å²) >= 11 is 0. The van der Waals surface area contributed by atoms with Gasteiger partial charge in [-0.25, -0.2) is 0 Å². The van der Waals surface area contributed by atoms with Crippen LogP contribution in [0.1, 0.15) is 0 Å². The van der Waals surface area contributed by atoms with Crippen LogP contribution in [0.3, 0.4) is 0 Å². The molecule has 10 rings (SSSR count). The Kier molecular flexibility index (Phi) is 7.85. The fraction of sp³-hybridized carbons (Fsp3) is 0. The maximum absolute atomic E-state index is 7.06. The van der Waals surface area contributed by atoms with E-state index in [4.69, 9.17) is 4.42 Å². The molecule has 9 aromatic carbocycles. The Labute approximate surface area is 314 Å². The lowest BCUT2D eigenvalue weighted by Gasteiger charge is -2.27. The molecule has 10 aromatic rings. The van der Waals surface area contributed by atoms with Crippen LogP contribution in [-0.2, 0) is 0 Å². The van der Waals surface area contributed by atoms with Gasteiger partial charge in [-0.2, -0.15) is 0 Å². The summed E-state index contributed by atoms with van der Waals surface area (Å²) in [4.78, 5) is 2.37. The van der Waals surface area contributed by atoms with Gasteiger partial charge < -0.3 is 9.32 Å². The van der Waals surface area contributed by atoms with E-state index < -0.39 is 0 Å². The molecule has 0 spiro atoms. The summed E-state index contributed by atoms with van der Waals surface area (Å²) in [6.07, 6.45) is 0. The Morgan fingerprint density at radius 1 is 0.296 bits per heavy atom. The lowest BCUT2D eigenvalue weighted by atomic mass is 9.97. The molecule has 0 amide bonds. The molecule has 2 heteroatoms. The quantitative estimate of drug-likeness (QED) is 0.166. The van der Waals surface area contributed by atoms with E-state index in [2.05, 4.69) is 217 Å². The molecule has 0 bridgehead atoms. The second-order valence-corrected chi connectivity index (χ2v) is 13.7. The highest BCUT2D eigenvalue weighted by molar-refractivity contribution is 6.22. The number of anilines is 3. The van der Waals surface area contributed by atoms with E-state index in [1.807, 2.05) is 0 Å². The van der Waals surface area contributed by atoms with Gasteiger partial charge in [0, 0.05) is 27.7 Å². The zero-order valence-electron chi connectivity index (χ0n) is 29.6. The van der Waals surface area contributed by atoms with Crippen molar-refractivity contribution in [2.75, 3.05) is 4.90 Å². The molecule has 0 saturated carbocycles. The molecule has 0 atom stereocenters. The number of benzene rings is 9. The van der Waals surface area contributed by atoms with Crippen LogP contribution in [0.25, 0.3) is 77.2 Å². The van der Waals surface area contributed by atoms with Gasteiger partial charge in [0.1, 0.15) is 11.2 Å². The Bertz CT molecular complexity index is 2790. The fourth-order valence-electron chi connectivity index (χ4n) is 7.77. The lowest BCUT2D eigenvalue weighted by Crippen LogP contribution is -2.10. The molecule has 2 nitrogen and oxygen atoms in total. The van der Waals surface area contributed by atoms with E-state index in [9.17, 15) is 0 Å². The van der Waals surface area contributed by atoms with Gasteiger partial charge in [-0.05, 0) is 86.8 Å². The largest absolute Gasteiger partial charge is 0.455 e. The van der Waals surface area contributed by atoms with E-state index in [0.29, 0.717) is 0 Å². The highest BCUT2D eigenvalue weighted by Crippen LogP contribution is 2.47. The van der Waals surface area contributed by atoms with Gasteiger partial charge in [-0.1, -0.05) is 170 Å². The summed E-state index contributed by atoms with van der Waals surface area (Å²) in [7, 11) is 0. The standard InChI is InChI=1S/C52H35NO/c1-4-12-36(13-5-1)39-20-22-43(23-21-39)47-34-35-49(50-48-33-28-42-18-10-11-19-46(42)51(48)54-52(47)50)53(44-29-24-40(25-30-44)37-14-6-2-7-15-37)45-31-26-41(27-32-45)38-16-8-3-9-17-38/h1-35H. The monoisotopic (exact) mass is 689 g/mol. The third-order valence-electron chi connectivity index (χ3n) is 10.5. The smallest absolute Gasteiger partial charge is 0.145 e. The van der Waals surface area contributed by atoms with Crippen molar-refractivity contribution in [3.05, 3.63) is 212 Å². The number of nitrogens with zero attached hydrogens (tertiary/aromatic N) is 1. The van der Waals surface area contributed by atoms with Gasteiger partial charge in [0.05, 0.1) is 11.1 Å². The normalized spacial score (nSPS) is 11.3. The van der Waals surface area contributed by atoms with Gasteiger partial charge >= 0.3 is 0 Å². The highest BCUT2D eigenvalue weighted by atomic mass is 16.3. The van der Waals surface area contributed by atoms with Gasteiger partial charge in [-0.15, -0.1) is 0 Å². The Balaban J connectivity index is 1.19. The first-order valence-corrected chi connectivity index (χ1v) is 18.4. The average Bonchev–Trinajstić information content (AvgIpc) is 3.66. The summed E-state index contributed by atoms with van der Waals surface area (Å²) in [6.45, 7) is 0. The Morgan fingerprint density at radius 2 is 0.741 bits per heavy atom. The predicted molar refractivity (Wildman–Crippen MR) is 228 cm³/mol. The minimum absolute atomic E-state index is 0.873. The molecule has 1 heterocycles. The van der Waals surface area contributed by atoms with Crippen LogP contribution in [0.15, 0.2) is 217 Å². The third kappa shape index (κ3) is 5.62. The Hall–Kier alpha value is -7.16. The van der Waals surface area contributed by atoms with E-state index >= 15 is 0 Å². The van der Waals surface area contributed by atoms with Crippen LogP contribution >= 0.6 is 0 Å². The first kappa shape index (κ1) is 31.6. The molecule has 0 N–H and O–H groups in total. The molecule has 0 fully saturated rings. The number of furan rings is 1. The van der Waals surface area contributed by atoms with E-state index in [0.717, 1.165) is 60.9 Å². The van der Waals surface area contributed by atoms with Crippen LogP contribution in [0.5, 0.6) is 0 Å². The van der Waals surface area contributed by atoms with Crippen LogP contribution in [-0.4, -0.2) is 0 Å². The van der Waals surface area contributed by atoms with Gasteiger partial charge in [0.15, 0.2) is 0 Å². The number of rotatable bonds is 7. The maximum Gasteiger partial charge on any atom is 0.145 e. The molecule has 0 aliphatic carbocycles. The topological polar surface area (TPSA) is 16.4 Å². The highest BCUT2D eigenvalue weighted by Gasteiger charge is 2.23. The van der Waals surface area contributed by atoms with Crippen molar-refractivity contribution in [1.29, 1.82) is 0 Å². The summed E-state index contributed by atoms with van der Waals surface area (Å²) in [5.41, 5.74) is 14.3. The molecule has 254 valence electrons. The number of hydrogen-bond acceptors (Lipinski definition) is 2. The maximum atomic E-state index is 7.06. The van der Waals surface area contributed by atoms with Crippen LogP contribution in [0.4, 0.5) is 17.1 Å². The molecular formula is C52H35NO. The molecule has 0 saturated heterocycles. The minimum Gasteiger partial charge on any atom is -0.455 e. The SMILES string of the molecule is c1ccc(-c2ccc(-c3ccc(N(c4ccc(-c5ccccc5)cc4)c4ccc(-c5ccccc5)cc4)c4c3oc3c5ccccc5ccc34)cc2)cc1.